The fraction of sp³-hybridized carbons (Fsp3) is 0.298. The molecule has 5 aliphatic rings. The molecule has 0 radical (unpaired) electrons. The fourth-order valence-corrected chi connectivity index (χ4v) is 20.6. The number of hydrogen-bond donors (Lipinski definition) is 1. The van der Waals surface area contributed by atoms with Gasteiger partial charge in [-0.15, -0.1) is 0 Å². The van der Waals surface area contributed by atoms with Crippen LogP contribution in [0, 0.1) is 0 Å². The monoisotopic (exact) mass is 2140 g/mol. The highest BCUT2D eigenvalue weighted by atomic mass is 35.5. The van der Waals surface area contributed by atoms with Crippen molar-refractivity contribution in [1.29, 1.82) is 0 Å². The Labute approximate surface area is 893 Å². The van der Waals surface area contributed by atoms with Crippen molar-refractivity contribution < 1.29 is 54.9 Å². The number of sulfonamides is 2. The number of ether oxygens (including phenoxy) is 5. The van der Waals surface area contributed by atoms with E-state index in [1.54, 1.807) is 32.3 Å². The van der Waals surface area contributed by atoms with Crippen LogP contribution in [0.4, 0.5) is 11.4 Å². The minimum absolute atomic E-state index is 0.00717. The van der Waals surface area contributed by atoms with E-state index in [0.717, 1.165) is 210 Å². The number of nitrogens with zero attached hydrogens (tertiary/aromatic N) is 17. The van der Waals surface area contributed by atoms with E-state index in [9.17, 15) is 31.2 Å². The van der Waals surface area contributed by atoms with Gasteiger partial charge < -0.3 is 52.0 Å². The average molecular weight is 2140 g/mol. The van der Waals surface area contributed by atoms with Crippen LogP contribution in [0.5, 0.6) is 0 Å². The molecule has 17 aromatic rings. The number of benzene rings is 7. The molecular formula is C114H120Cl4N18O12S2. The third-order valence-electron chi connectivity index (χ3n) is 27.4. The number of esters is 1. The van der Waals surface area contributed by atoms with Crippen molar-refractivity contribution in [3.8, 4) is 78.4 Å². The number of nitrogens with one attached hydrogen (secondary N) is 1. The molecule has 15 heterocycles. The van der Waals surface area contributed by atoms with E-state index < -0.39 is 20.0 Å². The zero-order chi connectivity index (χ0) is 105. The van der Waals surface area contributed by atoms with Crippen LogP contribution >= 0.6 is 46.4 Å². The minimum Gasteiger partial charge on any atom is -0.466 e. The highest BCUT2D eigenvalue weighted by molar-refractivity contribution is 7.92. The number of carbonyl (C=O) groups is 3. The number of anilines is 2. The van der Waals surface area contributed by atoms with Gasteiger partial charge in [-0.25, -0.2) is 41.8 Å². The first kappa shape index (κ1) is 107. The van der Waals surface area contributed by atoms with E-state index in [4.69, 9.17) is 95.0 Å². The molecule has 10 aromatic heterocycles. The molecule has 30 nitrogen and oxygen atoms in total. The lowest BCUT2D eigenvalue weighted by Gasteiger charge is -2.34. The van der Waals surface area contributed by atoms with Crippen molar-refractivity contribution in [1.82, 2.24) is 76.7 Å². The summed E-state index contributed by atoms with van der Waals surface area (Å²) in [5, 5.41) is 6.02. The van der Waals surface area contributed by atoms with Gasteiger partial charge in [0, 0.05) is 212 Å². The second-order valence-electron chi connectivity index (χ2n) is 37.4. The molecular weight excluding hydrogens is 2020 g/mol. The molecule has 5 aliphatic heterocycles. The molecule has 2 amide bonds. The summed E-state index contributed by atoms with van der Waals surface area (Å²) in [4.78, 5) is 72.8. The quantitative estimate of drug-likeness (QED) is 0.0520. The molecule has 0 spiro atoms. The van der Waals surface area contributed by atoms with E-state index in [-0.39, 0.29) is 37.2 Å². The Bertz CT molecular complexity index is 7790. The second-order valence-corrected chi connectivity index (χ2v) is 43.1. The Morgan fingerprint density at radius 1 is 0.360 bits per heavy atom. The first-order chi connectivity index (χ1) is 72.7. The third-order valence-corrected chi connectivity index (χ3v) is 30.9. The number of piperazine rings is 2. The van der Waals surface area contributed by atoms with Crippen molar-refractivity contribution in [2.75, 3.05) is 174 Å². The molecule has 7 aromatic carbocycles. The van der Waals surface area contributed by atoms with E-state index in [1.807, 2.05) is 204 Å². The van der Waals surface area contributed by atoms with E-state index in [1.165, 1.54) is 57.8 Å². The van der Waals surface area contributed by atoms with Crippen LogP contribution in [0.25, 0.3) is 107 Å². The first-order valence-electron chi connectivity index (χ1n) is 50.2. The predicted octanol–water partition coefficient (Wildman–Crippen LogP) is 18.7. The number of methoxy groups -OCH3 is 1. The van der Waals surface area contributed by atoms with Crippen molar-refractivity contribution in [2.45, 2.75) is 58.2 Å². The number of imidazole rings is 5. The molecule has 150 heavy (non-hydrogen) atoms. The predicted molar refractivity (Wildman–Crippen MR) is 593 cm³/mol. The first-order valence-corrected chi connectivity index (χ1v) is 55.4. The highest BCUT2D eigenvalue weighted by Crippen LogP contribution is 2.38. The van der Waals surface area contributed by atoms with Crippen molar-refractivity contribution in [3.63, 3.8) is 0 Å². The molecule has 1 N–H and O–H groups in total. The van der Waals surface area contributed by atoms with Crippen molar-refractivity contribution in [2.24, 2.45) is 0 Å². The number of amides is 2. The van der Waals surface area contributed by atoms with Gasteiger partial charge in [-0.2, -0.15) is 0 Å². The van der Waals surface area contributed by atoms with Crippen molar-refractivity contribution >= 4 is 124 Å². The fourth-order valence-electron chi connectivity index (χ4n) is 19.1. The van der Waals surface area contributed by atoms with E-state index >= 15 is 0 Å². The minimum atomic E-state index is -3.41. The van der Waals surface area contributed by atoms with Crippen molar-refractivity contribution in [3.05, 3.63) is 334 Å². The zero-order valence-corrected chi connectivity index (χ0v) is 89.2. The number of carbonyl (C=O) groups excluding carboxylic acids is 3. The van der Waals surface area contributed by atoms with Crippen LogP contribution in [0.3, 0.4) is 0 Å². The zero-order valence-electron chi connectivity index (χ0n) is 84.6. The lowest BCUT2D eigenvalue weighted by Crippen LogP contribution is -2.49. The molecule has 0 saturated carbocycles. The second kappa shape index (κ2) is 49.2. The molecule has 0 unspecified atom stereocenters. The Morgan fingerprint density at radius 3 is 1.08 bits per heavy atom. The maximum Gasteiger partial charge on any atom is 0.311 e. The number of pyridine rings is 5. The van der Waals surface area contributed by atoms with Gasteiger partial charge in [0.2, 0.25) is 31.9 Å². The molecule has 0 bridgehead atoms. The Kier molecular flexibility index (Phi) is 35.0. The van der Waals surface area contributed by atoms with Gasteiger partial charge in [-0.1, -0.05) is 186 Å². The van der Waals surface area contributed by atoms with Gasteiger partial charge in [-0.3, -0.25) is 46.5 Å². The highest BCUT2D eigenvalue weighted by Gasteiger charge is 2.31. The van der Waals surface area contributed by atoms with Crippen LogP contribution in [-0.4, -0.2) is 271 Å². The largest absolute Gasteiger partial charge is 0.466 e. The van der Waals surface area contributed by atoms with Crippen LogP contribution in [0.15, 0.2) is 280 Å². The van der Waals surface area contributed by atoms with Gasteiger partial charge in [0.1, 0.15) is 34.8 Å². The number of aromatic nitrogens is 10. The van der Waals surface area contributed by atoms with Gasteiger partial charge in [0.05, 0.1) is 127 Å². The lowest BCUT2D eigenvalue weighted by molar-refractivity contribution is -0.142. The van der Waals surface area contributed by atoms with Gasteiger partial charge in [0.15, 0.2) is 0 Å². The van der Waals surface area contributed by atoms with Crippen LogP contribution in [0.2, 0.25) is 20.1 Å². The van der Waals surface area contributed by atoms with Gasteiger partial charge in [-0.05, 0) is 162 Å². The summed E-state index contributed by atoms with van der Waals surface area (Å²) in [6, 6.07) is 80.8. The Morgan fingerprint density at radius 2 is 0.687 bits per heavy atom. The maximum absolute atomic E-state index is 13.1. The van der Waals surface area contributed by atoms with Crippen LogP contribution < -0.4 is 13.9 Å². The summed E-state index contributed by atoms with van der Waals surface area (Å²) in [5.41, 5.74) is 25.4. The summed E-state index contributed by atoms with van der Waals surface area (Å²) < 4.78 is 87.7. The Balaban J connectivity index is 0.000000123. The average Bonchev–Trinajstić information content (AvgIpc) is 1.64. The Hall–Kier alpha value is -13.3. The van der Waals surface area contributed by atoms with Crippen LogP contribution in [0.1, 0.15) is 59.8 Å². The summed E-state index contributed by atoms with van der Waals surface area (Å²) in [5.74, 6) is 0.298. The van der Waals surface area contributed by atoms with E-state index in [0.29, 0.717) is 103 Å². The topological polar surface area (TPSA) is 287 Å². The summed E-state index contributed by atoms with van der Waals surface area (Å²) in [6.07, 6.45) is 14.9. The van der Waals surface area contributed by atoms with E-state index in [2.05, 4.69) is 110 Å². The standard InChI is InChI=1S/C25H22ClN3O2.C23H28ClN5O4S.C23H19ClN2O2.C23H27N3O2.C20H24ClN5O2S/c26-21-9-6-19(7-10-21)25-22(16-24(30)28-12-14-31-15-13-28)29-17-20(8-11-23(29)27-25)18-4-2-1-3-5-18;1-26(34(3,31)32)19-8-9-21-25-23(17-4-6-18(24)7-5-17)20(29(21)14-19)15-27-10-12-28(13-11-27)22(30)16-33-2;1-2-28-22(27)14-20-23(17-8-11-19(24)12-9-17)25-21-13-10-18(15-26(20)21)16-6-4-3-5-7-16;1-2-4-18(5-3-1)20-6-7-22-24-23(19-8-12-27-13-9-19)21(26(22)16-20)17-25-10-14-28-15-11-25;1-24(29(2,27)28)17-7-8-19-23-20(15-3-5-16(21)6-4-15)18(26(19)13-17)14-25-11-9-22-10-12-25/h1-11,17H,12-16H2;4-9,14H,10-13,15-16H2,1-3H3;3-13,15H,2,14H2,1H3;1-7,16,19H,8-15,17H2;3-8,13,22H,9-12,14H2,1-2H3. The molecule has 0 atom stereocenters. The third kappa shape index (κ3) is 26.1. The molecule has 36 heteroatoms. The van der Waals surface area contributed by atoms with Gasteiger partial charge in [0.25, 0.3) is 0 Å². The SMILES string of the molecule is CCOC(=O)Cc1c(-c2ccc(Cl)cc2)nc2ccc(-c3ccccc3)cn12.CN(c1ccc2nc(-c3ccc(Cl)cc3)c(CN3CCNCC3)n2c1)S(C)(=O)=O.COCC(=O)N1CCN(Cc2c(-c3ccc(Cl)cc3)nc3ccc(N(C)S(C)(=O)=O)cn23)CC1.O=C(Cc1c(-c2ccc(Cl)cc2)nc2ccc(-c3ccccc3)cn12)N1CCOCC1.c1ccc(-c2ccc3nc(C4CCOCC4)c(CN4CCOCC4)n3c2)cc1. The molecule has 0 aliphatic carbocycles. The number of fused-ring (bicyclic) bond motifs is 5. The van der Waals surface area contributed by atoms with Crippen LogP contribution in [-0.2, 0) is 90.6 Å². The number of hydrogen-bond acceptors (Lipinski definition) is 21. The number of rotatable bonds is 25. The molecule has 22 rings (SSSR count). The summed E-state index contributed by atoms with van der Waals surface area (Å²) in [6.45, 7) is 18.7. The number of morpholine rings is 2. The molecule has 778 valence electrons. The summed E-state index contributed by atoms with van der Waals surface area (Å²) >= 11 is 24.3. The number of halogens is 4. The van der Waals surface area contributed by atoms with Gasteiger partial charge >= 0.3 is 5.97 Å². The normalized spacial score (nSPS) is 15.0. The molecule has 5 saturated heterocycles. The maximum atomic E-state index is 13.1. The smallest absolute Gasteiger partial charge is 0.311 e. The summed E-state index contributed by atoms with van der Waals surface area (Å²) in [7, 11) is -2.14. The lowest BCUT2D eigenvalue weighted by atomic mass is 9.95. The molecule has 5 fully saturated rings.